The predicted octanol–water partition coefficient (Wildman–Crippen LogP) is 14.8. The van der Waals surface area contributed by atoms with Crippen molar-refractivity contribution in [2.75, 3.05) is 4.90 Å². The molecule has 0 aliphatic carbocycles. The molecule has 3 aromatic heterocycles. The number of nitrogens with zero attached hydrogens (tertiary/aromatic N) is 3. The van der Waals surface area contributed by atoms with E-state index >= 15 is 0 Å². The Morgan fingerprint density at radius 2 is 0.614 bits per heavy atom. The van der Waals surface area contributed by atoms with Crippen LogP contribution in [-0.2, 0) is 0 Å². The van der Waals surface area contributed by atoms with Crippen LogP contribution in [0.3, 0.4) is 0 Å². The van der Waals surface area contributed by atoms with E-state index in [1.165, 1.54) is 76.6 Å². The van der Waals surface area contributed by atoms with Gasteiger partial charge in [-0.05, 0) is 76.9 Å². The summed E-state index contributed by atoms with van der Waals surface area (Å²) in [5, 5.41) is 7.50. The monoisotopic (exact) mass is 725 g/mol. The molecule has 0 saturated heterocycles. The smallest absolute Gasteiger partial charge is 0.0724 e. The maximum Gasteiger partial charge on any atom is 0.0724 e. The van der Waals surface area contributed by atoms with E-state index in [1.807, 2.05) is 0 Å². The average molecular weight is 726 g/mol. The quantitative estimate of drug-likeness (QED) is 0.172. The molecule has 266 valence electrons. The Hall–Kier alpha value is -7.62. The van der Waals surface area contributed by atoms with Gasteiger partial charge >= 0.3 is 0 Å². The van der Waals surface area contributed by atoms with Crippen LogP contribution in [0.25, 0.3) is 87.7 Å². The molecule has 0 aliphatic heterocycles. The van der Waals surface area contributed by atoms with E-state index in [0.717, 1.165) is 28.1 Å². The van der Waals surface area contributed by atoms with Gasteiger partial charge in [-0.2, -0.15) is 0 Å². The van der Waals surface area contributed by atoms with Gasteiger partial charge in [0.15, 0.2) is 0 Å². The largest absolute Gasteiger partial charge is 0.310 e. The number of aromatic nitrogens is 2. The number of para-hydroxylation sites is 4. The zero-order valence-electron chi connectivity index (χ0n) is 31.0. The van der Waals surface area contributed by atoms with Gasteiger partial charge in [0.1, 0.15) is 0 Å². The molecule has 57 heavy (non-hydrogen) atoms. The van der Waals surface area contributed by atoms with Crippen molar-refractivity contribution in [2.45, 2.75) is 0 Å². The van der Waals surface area contributed by atoms with E-state index in [1.54, 1.807) is 0 Å². The van der Waals surface area contributed by atoms with Crippen LogP contribution in [0.2, 0.25) is 0 Å². The summed E-state index contributed by atoms with van der Waals surface area (Å²) < 4.78 is 5.02. The van der Waals surface area contributed by atoms with Crippen molar-refractivity contribution in [3.63, 3.8) is 0 Å². The van der Waals surface area contributed by atoms with Crippen LogP contribution < -0.4 is 4.90 Å². The summed E-state index contributed by atoms with van der Waals surface area (Å²) in [6.45, 7) is 0. The van der Waals surface area contributed by atoms with E-state index in [2.05, 4.69) is 226 Å². The fourth-order valence-electron chi connectivity index (χ4n) is 9.31. The van der Waals surface area contributed by atoms with Crippen molar-refractivity contribution >= 4 is 82.5 Å². The maximum absolute atomic E-state index is 2.52. The summed E-state index contributed by atoms with van der Waals surface area (Å²) in [5.74, 6) is 0. The highest BCUT2D eigenvalue weighted by atomic mass is 15.1. The molecule has 0 radical (unpaired) electrons. The predicted molar refractivity (Wildman–Crippen MR) is 241 cm³/mol. The Bertz CT molecular complexity index is 3400. The number of rotatable bonds is 5. The van der Waals surface area contributed by atoms with E-state index in [0.29, 0.717) is 0 Å². The number of hydrogen-bond donors (Lipinski definition) is 0. The number of fused-ring (bicyclic) bond motifs is 10. The van der Waals surface area contributed by atoms with Gasteiger partial charge in [0.2, 0.25) is 0 Å². The zero-order chi connectivity index (χ0) is 37.5. The summed E-state index contributed by atoms with van der Waals surface area (Å²) in [6.07, 6.45) is 0. The van der Waals surface area contributed by atoms with Gasteiger partial charge in [0, 0.05) is 49.4 Å². The van der Waals surface area contributed by atoms with Crippen molar-refractivity contribution in [3.8, 4) is 22.3 Å². The molecule has 0 N–H and O–H groups in total. The lowest BCUT2D eigenvalue weighted by atomic mass is 10.0. The first-order valence-corrected chi connectivity index (χ1v) is 19.6. The molecule has 3 heterocycles. The standard InChI is InChI=1S/C54H35N3/c1-3-13-36(14-4-1)38-25-29-40(30-26-38)55(41-31-27-39(28-32-41)37-15-5-2-6-16-37)42-33-34-51-52(35-42)57-50-24-10-8-18-44(50)46-20-12-22-48(54(46)57)47-21-11-19-45-43-17-7-9-23-49(43)56(51)53(45)47/h1-35H. The number of benzene rings is 9. The van der Waals surface area contributed by atoms with Crippen molar-refractivity contribution in [3.05, 3.63) is 212 Å². The fraction of sp³-hybridized carbons (Fsp3) is 0. The highest BCUT2D eigenvalue weighted by Crippen LogP contribution is 2.43. The van der Waals surface area contributed by atoms with Gasteiger partial charge in [0.05, 0.1) is 33.1 Å². The van der Waals surface area contributed by atoms with Gasteiger partial charge in [-0.15, -0.1) is 0 Å². The van der Waals surface area contributed by atoms with Crippen molar-refractivity contribution in [2.24, 2.45) is 0 Å². The molecule has 3 nitrogen and oxygen atoms in total. The molecule has 0 saturated carbocycles. The molecule has 12 aromatic rings. The van der Waals surface area contributed by atoms with Crippen LogP contribution in [0.1, 0.15) is 0 Å². The summed E-state index contributed by atoms with van der Waals surface area (Å²) >= 11 is 0. The lowest BCUT2D eigenvalue weighted by molar-refractivity contribution is 1.26. The first kappa shape index (κ1) is 31.7. The summed E-state index contributed by atoms with van der Waals surface area (Å²) in [4.78, 5) is 2.40. The highest BCUT2D eigenvalue weighted by Gasteiger charge is 2.21. The first-order valence-electron chi connectivity index (χ1n) is 19.6. The maximum atomic E-state index is 2.52. The summed E-state index contributed by atoms with van der Waals surface area (Å²) in [6, 6.07) is 77.5. The summed E-state index contributed by atoms with van der Waals surface area (Å²) in [5.41, 5.74) is 15.2. The third-order valence-electron chi connectivity index (χ3n) is 11.8. The Labute approximate surface area is 329 Å². The molecule has 0 aliphatic rings. The Morgan fingerprint density at radius 1 is 0.246 bits per heavy atom. The van der Waals surface area contributed by atoms with E-state index in [-0.39, 0.29) is 0 Å². The Kier molecular flexibility index (Phi) is 6.93. The van der Waals surface area contributed by atoms with Crippen LogP contribution in [0.4, 0.5) is 17.1 Å². The molecule has 0 fully saturated rings. The second-order valence-electron chi connectivity index (χ2n) is 14.9. The zero-order valence-corrected chi connectivity index (χ0v) is 31.0. The molecule has 12 rings (SSSR count). The topological polar surface area (TPSA) is 12.1 Å². The normalized spacial score (nSPS) is 11.9. The lowest BCUT2D eigenvalue weighted by Crippen LogP contribution is -2.10. The number of anilines is 3. The summed E-state index contributed by atoms with van der Waals surface area (Å²) in [7, 11) is 0. The number of hydrogen-bond acceptors (Lipinski definition) is 1. The molecule has 3 heteroatoms. The van der Waals surface area contributed by atoms with Gasteiger partial charge < -0.3 is 13.7 Å². The Morgan fingerprint density at radius 3 is 1.11 bits per heavy atom. The second kappa shape index (κ2) is 12.5. The van der Waals surface area contributed by atoms with E-state index in [9.17, 15) is 0 Å². The van der Waals surface area contributed by atoms with E-state index < -0.39 is 0 Å². The SMILES string of the molecule is c1ccc(-c2ccc(N(c3ccc(-c4ccccc4)cc3)c3ccc4c(c3)n3c5ccccc5c5cccc(c6cccc7c8ccccc8n4c76)c53)cc2)cc1. The molecular weight excluding hydrogens is 691 g/mol. The molecule has 0 atom stereocenters. The Balaban J connectivity index is 1.20. The fourth-order valence-corrected chi connectivity index (χ4v) is 9.31. The van der Waals surface area contributed by atoms with Crippen LogP contribution in [0.15, 0.2) is 212 Å². The molecule has 0 spiro atoms. The van der Waals surface area contributed by atoms with Gasteiger partial charge in [0.25, 0.3) is 0 Å². The average Bonchev–Trinajstić information content (AvgIpc) is 3.80. The van der Waals surface area contributed by atoms with Crippen molar-refractivity contribution < 1.29 is 0 Å². The lowest BCUT2D eigenvalue weighted by Gasteiger charge is -2.26. The molecule has 0 bridgehead atoms. The molecular formula is C54H35N3. The third-order valence-corrected chi connectivity index (χ3v) is 11.8. The van der Waals surface area contributed by atoms with Crippen LogP contribution in [0, 0.1) is 0 Å². The van der Waals surface area contributed by atoms with Gasteiger partial charge in [-0.3, -0.25) is 0 Å². The molecule has 0 amide bonds. The molecule has 0 unspecified atom stereocenters. The van der Waals surface area contributed by atoms with Gasteiger partial charge in [-0.1, -0.05) is 158 Å². The second-order valence-corrected chi connectivity index (χ2v) is 14.9. The van der Waals surface area contributed by atoms with Crippen molar-refractivity contribution in [1.29, 1.82) is 0 Å². The van der Waals surface area contributed by atoms with Crippen LogP contribution in [0.5, 0.6) is 0 Å². The van der Waals surface area contributed by atoms with Crippen LogP contribution >= 0.6 is 0 Å². The minimum Gasteiger partial charge on any atom is -0.310 e. The van der Waals surface area contributed by atoms with Crippen molar-refractivity contribution in [1.82, 2.24) is 8.80 Å². The third kappa shape index (κ3) is 4.79. The van der Waals surface area contributed by atoms with E-state index in [4.69, 9.17) is 0 Å². The first-order chi connectivity index (χ1) is 28.3. The van der Waals surface area contributed by atoms with Crippen LogP contribution in [-0.4, -0.2) is 8.80 Å². The molecule has 9 aromatic carbocycles. The highest BCUT2D eigenvalue weighted by molar-refractivity contribution is 6.25. The minimum absolute atomic E-state index is 1.08. The van der Waals surface area contributed by atoms with Gasteiger partial charge in [-0.25, -0.2) is 0 Å². The minimum atomic E-state index is 1.08.